The van der Waals surface area contributed by atoms with Crippen LogP contribution in [0.25, 0.3) is 0 Å². The van der Waals surface area contributed by atoms with Gasteiger partial charge in [0.05, 0.1) is 5.69 Å². The highest BCUT2D eigenvalue weighted by atomic mass is 16.9. The highest BCUT2D eigenvalue weighted by Gasteiger charge is 2.25. The van der Waals surface area contributed by atoms with Crippen LogP contribution in [0.15, 0.2) is 30.3 Å². The Morgan fingerprint density at radius 3 is 2.69 bits per heavy atom. The summed E-state index contributed by atoms with van der Waals surface area (Å²) in [6, 6.07) is 8.87. The summed E-state index contributed by atoms with van der Waals surface area (Å²) in [6.07, 6.45) is 2.63. The van der Waals surface area contributed by atoms with Crippen molar-refractivity contribution in [3.8, 4) is 0 Å². The van der Waals surface area contributed by atoms with Gasteiger partial charge in [-0.15, -0.1) is 5.23 Å². The van der Waals surface area contributed by atoms with Crippen LogP contribution in [-0.4, -0.2) is 17.1 Å². The predicted molar refractivity (Wildman–Crippen MR) is 59.1 cm³/mol. The van der Waals surface area contributed by atoms with Crippen LogP contribution in [0.5, 0.6) is 0 Å². The molecule has 1 unspecified atom stereocenters. The predicted octanol–water partition coefficient (Wildman–Crippen LogP) is 2.33. The zero-order valence-electron chi connectivity index (χ0n) is 9.00. The van der Waals surface area contributed by atoms with Gasteiger partial charge in [-0.3, -0.25) is 10.0 Å². The largest absolute Gasteiger partial charge is 0.297 e. The molecule has 4 nitrogen and oxygen atoms in total. The Bertz CT molecular complexity index is 353. The summed E-state index contributed by atoms with van der Waals surface area (Å²) >= 11 is 0. The SMILES string of the molecule is O=C1CCCCC1ON(O)c1ccccc1. The third-order valence-electron chi connectivity index (χ3n) is 2.70. The van der Waals surface area contributed by atoms with Crippen LogP contribution in [0.1, 0.15) is 25.7 Å². The molecule has 1 aromatic carbocycles. The van der Waals surface area contributed by atoms with Gasteiger partial charge in [-0.1, -0.05) is 18.2 Å². The van der Waals surface area contributed by atoms with Gasteiger partial charge >= 0.3 is 0 Å². The van der Waals surface area contributed by atoms with Gasteiger partial charge in [0, 0.05) is 6.42 Å². The van der Waals surface area contributed by atoms with Gasteiger partial charge in [-0.05, 0) is 31.4 Å². The van der Waals surface area contributed by atoms with Crippen molar-refractivity contribution in [2.45, 2.75) is 31.8 Å². The Morgan fingerprint density at radius 1 is 1.25 bits per heavy atom. The van der Waals surface area contributed by atoms with Crippen LogP contribution in [0.4, 0.5) is 5.69 Å². The molecule has 1 aliphatic carbocycles. The zero-order valence-corrected chi connectivity index (χ0v) is 9.00. The standard InChI is InChI=1S/C12H15NO3/c14-11-8-4-5-9-12(11)16-13(15)10-6-2-1-3-7-10/h1-3,6-7,12,15H,4-5,8-9H2. The maximum atomic E-state index is 11.5. The first-order chi connectivity index (χ1) is 7.77. The first kappa shape index (κ1) is 11.1. The summed E-state index contributed by atoms with van der Waals surface area (Å²) in [4.78, 5) is 16.7. The van der Waals surface area contributed by atoms with Gasteiger partial charge in [0.15, 0.2) is 5.78 Å². The van der Waals surface area contributed by atoms with Crippen molar-refractivity contribution in [3.63, 3.8) is 0 Å². The first-order valence-corrected chi connectivity index (χ1v) is 5.51. The second-order valence-corrected chi connectivity index (χ2v) is 3.91. The van der Waals surface area contributed by atoms with E-state index in [1.807, 2.05) is 6.07 Å². The lowest BCUT2D eigenvalue weighted by Gasteiger charge is -2.25. The number of nitrogens with zero attached hydrogens (tertiary/aromatic N) is 1. The summed E-state index contributed by atoms with van der Waals surface area (Å²) in [5.74, 6) is 0.0706. The summed E-state index contributed by atoms with van der Waals surface area (Å²) in [7, 11) is 0. The Morgan fingerprint density at radius 2 is 2.00 bits per heavy atom. The van der Waals surface area contributed by atoms with Crippen LogP contribution in [-0.2, 0) is 9.63 Å². The van der Waals surface area contributed by atoms with Gasteiger partial charge in [-0.2, -0.15) is 0 Å². The second kappa shape index (κ2) is 5.09. The summed E-state index contributed by atoms with van der Waals surface area (Å²) in [5.41, 5.74) is 0.529. The van der Waals surface area contributed by atoms with Crippen LogP contribution < -0.4 is 5.23 Å². The number of Topliss-reactive ketones (excluding diaryl/α,β-unsaturated/α-hetero) is 1. The molecule has 86 valence electrons. The molecule has 1 aliphatic rings. The number of anilines is 1. The molecule has 1 atom stereocenters. The lowest BCUT2D eigenvalue weighted by Crippen LogP contribution is -2.34. The molecule has 0 radical (unpaired) electrons. The number of hydrogen-bond donors (Lipinski definition) is 1. The van der Waals surface area contributed by atoms with E-state index in [2.05, 4.69) is 0 Å². The van der Waals surface area contributed by atoms with Crippen LogP contribution in [0, 0.1) is 0 Å². The lowest BCUT2D eigenvalue weighted by molar-refractivity contribution is -0.146. The molecule has 0 spiro atoms. The summed E-state index contributed by atoms with van der Waals surface area (Å²) in [5, 5.41) is 10.3. The molecule has 4 heteroatoms. The van der Waals surface area contributed by atoms with Gasteiger partial charge in [0.25, 0.3) is 0 Å². The van der Waals surface area contributed by atoms with Gasteiger partial charge in [0.1, 0.15) is 6.10 Å². The fraction of sp³-hybridized carbons (Fsp3) is 0.417. The Balaban J connectivity index is 1.96. The van der Waals surface area contributed by atoms with E-state index >= 15 is 0 Å². The Labute approximate surface area is 94.4 Å². The van der Waals surface area contributed by atoms with Crippen molar-refractivity contribution in [1.82, 2.24) is 0 Å². The Hall–Kier alpha value is -1.39. The van der Waals surface area contributed by atoms with Gasteiger partial charge in [-0.25, -0.2) is 4.84 Å². The second-order valence-electron chi connectivity index (χ2n) is 3.91. The Kier molecular flexibility index (Phi) is 3.54. The number of carbonyl (C=O) groups excluding carboxylic acids is 1. The van der Waals surface area contributed by atoms with E-state index in [-0.39, 0.29) is 5.78 Å². The van der Waals surface area contributed by atoms with Crippen LogP contribution in [0.3, 0.4) is 0 Å². The number of benzene rings is 1. The number of ketones is 1. The maximum Gasteiger partial charge on any atom is 0.164 e. The number of para-hydroxylation sites is 1. The number of rotatable bonds is 3. The van der Waals surface area contributed by atoms with E-state index in [0.717, 1.165) is 12.8 Å². The van der Waals surface area contributed by atoms with E-state index in [9.17, 15) is 10.0 Å². The van der Waals surface area contributed by atoms with Crippen LogP contribution in [0.2, 0.25) is 0 Å². The summed E-state index contributed by atoms with van der Waals surface area (Å²) < 4.78 is 0. The molecule has 1 aromatic rings. The number of hydrogen-bond acceptors (Lipinski definition) is 4. The molecule has 2 rings (SSSR count). The third-order valence-corrected chi connectivity index (χ3v) is 2.70. The van der Waals surface area contributed by atoms with E-state index in [4.69, 9.17) is 4.84 Å². The fourth-order valence-corrected chi connectivity index (χ4v) is 1.80. The molecular weight excluding hydrogens is 206 g/mol. The molecule has 0 amide bonds. The average Bonchev–Trinajstić information content (AvgIpc) is 2.33. The molecule has 1 saturated carbocycles. The van der Waals surface area contributed by atoms with E-state index < -0.39 is 6.10 Å². The highest BCUT2D eigenvalue weighted by molar-refractivity contribution is 5.83. The fourth-order valence-electron chi connectivity index (χ4n) is 1.80. The van der Waals surface area contributed by atoms with Crippen molar-refractivity contribution >= 4 is 11.5 Å². The maximum absolute atomic E-state index is 11.5. The first-order valence-electron chi connectivity index (χ1n) is 5.51. The molecule has 0 heterocycles. The van der Waals surface area contributed by atoms with Crippen molar-refractivity contribution in [3.05, 3.63) is 30.3 Å². The quantitative estimate of drug-likeness (QED) is 0.796. The third kappa shape index (κ3) is 2.59. The van der Waals surface area contributed by atoms with Crippen molar-refractivity contribution in [2.24, 2.45) is 0 Å². The molecule has 1 N–H and O–H groups in total. The molecule has 0 saturated heterocycles. The topological polar surface area (TPSA) is 49.8 Å². The monoisotopic (exact) mass is 221 g/mol. The van der Waals surface area contributed by atoms with Gasteiger partial charge < -0.3 is 0 Å². The normalized spacial score (nSPS) is 20.8. The molecule has 0 aromatic heterocycles. The van der Waals surface area contributed by atoms with E-state index in [0.29, 0.717) is 23.8 Å². The van der Waals surface area contributed by atoms with Gasteiger partial charge in [0.2, 0.25) is 0 Å². The molecule has 1 fully saturated rings. The smallest absolute Gasteiger partial charge is 0.164 e. The lowest BCUT2D eigenvalue weighted by atomic mass is 9.97. The molecule has 0 aliphatic heterocycles. The summed E-state index contributed by atoms with van der Waals surface area (Å²) in [6.45, 7) is 0. The van der Waals surface area contributed by atoms with Crippen molar-refractivity contribution in [1.29, 1.82) is 0 Å². The molecule has 16 heavy (non-hydrogen) atoms. The number of carbonyl (C=O) groups is 1. The average molecular weight is 221 g/mol. The van der Waals surface area contributed by atoms with E-state index in [1.54, 1.807) is 24.3 Å². The van der Waals surface area contributed by atoms with Crippen molar-refractivity contribution < 1.29 is 14.8 Å². The highest BCUT2D eigenvalue weighted by Crippen LogP contribution is 2.20. The zero-order chi connectivity index (χ0) is 11.4. The molecular formula is C12H15NO3. The van der Waals surface area contributed by atoms with E-state index in [1.165, 1.54) is 0 Å². The van der Waals surface area contributed by atoms with Crippen LogP contribution >= 0.6 is 0 Å². The van der Waals surface area contributed by atoms with Crippen molar-refractivity contribution in [2.75, 3.05) is 5.23 Å². The molecule has 0 bridgehead atoms. The minimum absolute atomic E-state index is 0.0706. The minimum atomic E-state index is -0.501. The minimum Gasteiger partial charge on any atom is -0.297 e.